The second-order valence-electron chi connectivity index (χ2n) is 12.8. The van der Waals surface area contributed by atoms with E-state index in [-0.39, 0.29) is 48.0 Å². The van der Waals surface area contributed by atoms with Crippen molar-refractivity contribution < 1.29 is 38.7 Å². The first-order valence-corrected chi connectivity index (χ1v) is 15.3. The summed E-state index contributed by atoms with van der Waals surface area (Å²) in [5.74, 6) is -1.61. The lowest BCUT2D eigenvalue weighted by atomic mass is 9.87. The van der Waals surface area contributed by atoms with Crippen LogP contribution in [-0.4, -0.2) is 71.1 Å². The molecule has 0 spiro atoms. The Bertz CT molecular complexity index is 1270. The number of nitriles is 1. The number of nitrogens with two attached hydrogens (primary N) is 2. The van der Waals surface area contributed by atoms with Crippen molar-refractivity contribution in [3.05, 3.63) is 23.5 Å². The number of amidine groups is 1. The van der Waals surface area contributed by atoms with E-state index in [1.165, 1.54) is 12.1 Å². The summed E-state index contributed by atoms with van der Waals surface area (Å²) < 4.78 is 17.3. The first kappa shape index (κ1) is 34.9. The maximum atomic E-state index is 13.0. The largest absolute Gasteiger partial charge is 0.463 e. The van der Waals surface area contributed by atoms with Crippen molar-refractivity contribution in [1.29, 1.82) is 5.26 Å². The molecule has 7 N–H and O–H groups in total. The number of amides is 1. The zero-order valence-electron chi connectivity index (χ0n) is 26.3. The van der Waals surface area contributed by atoms with Gasteiger partial charge in [-0.3, -0.25) is 14.4 Å². The predicted octanol–water partition coefficient (Wildman–Crippen LogP) is 0.679. The molecule has 6 atom stereocenters. The lowest BCUT2D eigenvalue weighted by Gasteiger charge is -2.28. The zero-order chi connectivity index (χ0) is 32.7. The summed E-state index contributed by atoms with van der Waals surface area (Å²) in [6.07, 6.45) is 2.88. The number of ether oxygens (including phenoxy) is 3. The Kier molecular flexibility index (Phi) is 11.8. The molecule has 242 valence electrons. The SMILES string of the molecule is CC[C@@H](C)C(=O)N=C([NH+]=CN)c1ccc([C@]2(C#N)O[C@H](COC(=O)CC3CCCCC3)[C@@H](OC(=O)[C@H](N)C(C)(C)C)[C@H]2O)[nH]1. The van der Waals surface area contributed by atoms with E-state index in [1.807, 2.05) is 13.0 Å². The van der Waals surface area contributed by atoms with Crippen molar-refractivity contribution in [3.8, 4) is 6.07 Å². The van der Waals surface area contributed by atoms with Gasteiger partial charge in [-0.2, -0.15) is 5.26 Å². The average molecular weight is 616 g/mol. The highest BCUT2D eigenvalue weighted by atomic mass is 16.6. The molecule has 44 heavy (non-hydrogen) atoms. The summed E-state index contributed by atoms with van der Waals surface area (Å²) in [6.45, 7) is 8.55. The van der Waals surface area contributed by atoms with Gasteiger partial charge in [0.15, 0.2) is 12.4 Å². The molecule has 1 saturated heterocycles. The minimum Gasteiger partial charge on any atom is -0.463 e. The van der Waals surface area contributed by atoms with Crippen LogP contribution in [0.4, 0.5) is 0 Å². The summed E-state index contributed by atoms with van der Waals surface area (Å²) in [7, 11) is 0. The molecule has 1 aromatic rings. The Hall–Kier alpha value is -3.60. The summed E-state index contributed by atoms with van der Waals surface area (Å²) in [6, 6.07) is 4.00. The fourth-order valence-corrected chi connectivity index (χ4v) is 5.27. The van der Waals surface area contributed by atoms with Gasteiger partial charge >= 0.3 is 17.8 Å². The van der Waals surface area contributed by atoms with Crippen molar-refractivity contribution in [2.24, 2.45) is 33.7 Å². The van der Waals surface area contributed by atoms with E-state index < -0.39 is 47.3 Å². The fraction of sp³-hybridized carbons (Fsp3) is 0.677. The topological polar surface area (TPSA) is 217 Å². The van der Waals surface area contributed by atoms with Crippen LogP contribution in [0.5, 0.6) is 0 Å². The second-order valence-corrected chi connectivity index (χ2v) is 12.8. The summed E-state index contributed by atoms with van der Waals surface area (Å²) in [5.41, 5.74) is 9.34. The van der Waals surface area contributed by atoms with Gasteiger partial charge in [0.2, 0.25) is 5.60 Å². The Balaban J connectivity index is 1.91. The molecule has 2 fully saturated rings. The number of esters is 2. The minimum absolute atomic E-state index is 0.0944. The molecule has 13 heteroatoms. The molecule has 0 unspecified atom stereocenters. The van der Waals surface area contributed by atoms with Gasteiger partial charge in [0, 0.05) is 6.42 Å². The molecule has 2 heterocycles. The summed E-state index contributed by atoms with van der Waals surface area (Å²) >= 11 is 0. The molecule has 1 amide bonds. The number of aliphatic hydroxyl groups is 1. The number of carbonyl (C=O) groups excluding carboxylic acids is 3. The van der Waals surface area contributed by atoms with E-state index in [4.69, 9.17) is 25.7 Å². The van der Waals surface area contributed by atoms with E-state index >= 15 is 0 Å². The molecule has 1 saturated carbocycles. The van der Waals surface area contributed by atoms with Crippen molar-refractivity contribution in [2.45, 2.75) is 110 Å². The van der Waals surface area contributed by atoms with Gasteiger partial charge in [0.05, 0.1) is 11.6 Å². The molecule has 3 rings (SSSR count). The lowest BCUT2D eigenvalue weighted by Crippen LogP contribution is -2.76. The monoisotopic (exact) mass is 615 g/mol. The van der Waals surface area contributed by atoms with E-state index in [2.05, 4.69) is 15.0 Å². The molecular weight excluding hydrogens is 568 g/mol. The van der Waals surface area contributed by atoms with Crippen LogP contribution in [-0.2, 0) is 34.2 Å². The van der Waals surface area contributed by atoms with Crippen LogP contribution in [0.3, 0.4) is 0 Å². The van der Waals surface area contributed by atoms with Crippen LogP contribution >= 0.6 is 0 Å². The molecule has 13 nitrogen and oxygen atoms in total. The van der Waals surface area contributed by atoms with Gasteiger partial charge in [0.25, 0.3) is 5.84 Å². The first-order chi connectivity index (χ1) is 20.8. The van der Waals surface area contributed by atoms with Gasteiger partial charge in [-0.15, -0.1) is 0 Å². The van der Waals surface area contributed by atoms with Crippen LogP contribution in [0.25, 0.3) is 0 Å². The van der Waals surface area contributed by atoms with Crippen molar-refractivity contribution in [3.63, 3.8) is 0 Å². The number of hydrogen-bond donors (Lipinski definition) is 5. The first-order valence-electron chi connectivity index (χ1n) is 15.3. The van der Waals surface area contributed by atoms with Crippen molar-refractivity contribution >= 4 is 30.0 Å². The van der Waals surface area contributed by atoms with Gasteiger partial charge < -0.3 is 35.8 Å². The quantitative estimate of drug-likeness (QED) is 0.141. The maximum absolute atomic E-state index is 13.0. The Morgan fingerprint density at radius 1 is 1.30 bits per heavy atom. The summed E-state index contributed by atoms with van der Waals surface area (Å²) in [5, 5.41) is 21.9. The van der Waals surface area contributed by atoms with Crippen LogP contribution in [0.1, 0.15) is 91.0 Å². The van der Waals surface area contributed by atoms with Crippen molar-refractivity contribution in [1.82, 2.24) is 4.98 Å². The zero-order valence-corrected chi connectivity index (χ0v) is 26.3. The van der Waals surface area contributed by atoms with Gasteiger partial charge in [-0.1, -0.05) is 58.9 Å². The number of nitrogens with zero attached hydrogens (tertiary/aromatic N) is 2. The minimum atomic E-state index is -2.06. The number of aliphatic hydroxyl groups excluding tert-OH is 1. The third kappa shape index (κ3) is 8.11. The highest BCUT2D eigenvalue weighted by Crippen LogP contribution is 2.41. The lowest BCUT2D eigenvalue weighted by molar-refractivity contribution is -0.309. The number of hydrogen-bond acceptors (Lipinski definition) is 9. The number of rotatable bonds is 10. The highest BCUT2D eigenvalue weighted by Gasteiger charge is 2.59. The molecule has 0 bridgehead atoms. The molecule has 1 aliphatic carbocycles. The van der Waals surface area contributed by atoms with Crippen LogP contribution in [0.15, 0.2) is 17.1 Å². The average Bonchev–Trinajstić information content (AvgIpc) is 3.59. The Labute approximate surface area is 258 Å². The number of aromatic nitrogens is 1. The fourth-order valence-electron chi connectivity index (χ4n) is 5.27. The number of H-pyrrole nitrogens is 1. The molecule has 2 aliphatic rings. The summed E-state index contributed by atoms with van der Waals surface area (Å²) in [4.78, 5) is 48.1. The number of carbonyl (C=O) groups is 3. The third-order valence-electron chi connectivity index (χ3n) is 8.44. The standard InChI is InChI=1S/C31H46N6O7/c1-6-18(2)28(40)37-27(35-17-33)20-12-13-22(36-20)31(16-32)26(39)24(43-29(41)25(34)30(3,4)5)21(44-31)15-42-23(38)14-19-10-8-7-9-11-19/h12-13,17-19,21,24-26,36,39H,6-11,14-15,34H2,1-5H3,(H2,33,35,37,40)/p+1/t18-,21-,24-,25+,26-,31+/m1/s1. The number of aliphatic imine (C=N–C) groups is 1. The van der Waals surface area contributed by atoms with E-state index in [9.17, 15) is 24.8 Å². The van der Waals surface area contributed by atoms with Crippen LogP contribution in [0.2, 0.25) is 0 Å². The predicted molar refractivity (Wildman–Crippen MR) is 161 cm³/mol. The van der Waals surface area contributed by atoms with Gasteiger partial charge in [-0.25, -0.2) is 4.99 Å². The smallest absolute Gasteiger partial charge is 0.323 e. The molecular formula is C31H47N6O7+. The van der Waals surface area contributed by atoms with Gasteiger partial charge in [0.1, 0.15) is 36.6 Å². The van der Waals surface area contributed by atoms with Crippen molar-refractivity contribution in [2.75, 3.05) is 6.61 Å². The molecule has 1 aliphatic heterocycles. The number of nitrogens with one attached hydrogen (secondary N) is 2. The Morgan fingerprint density at radius 3 is 2.57 bits per heavy atom. The van der Waals surface area contributed by atoms with Crippen LogP contribution < -0.4 is 16.5 Å². The van der Waals surface area contributed by atoms with E-state index in [0.29, 0.717) is 6.42 Å². The van der Waals surface area contributed by atoms with E-state index in [1.54, 1.807) is 27.7 Å². The molecule has 0 radical (unpaired) electrons. The van der Waals surface area contributed by atoms with E-state index in [0.717, 1.165) is 38.4 Å². The normalized spacial score (nSPS) is 26.2. The molecule has 1 aromatic heterocycles. The number of aromatic amines is 1. The second kappa shape index (κ2) is 14.9. The maximum Gasteiger partial charge on any atom is 0.323 e. The third-order valence-corrected chi connectivity index (χ3v) is 8.44. The Morgan fingerprint density at radius 2 is 1.98 bits per heavy atom. The van der Waals surface area contributed by atoms with Crippen LogP contribution in [0, 0.1) is 28.6 Å². The highest BCUT2D eigenvalue weighted by molar-refractivity contribution is 5.99. The van der Waals surface area contributed by atoms with Gasteiger partial charge in [-0.05, 0) is 42.7 Å². The molecule has 0 aromatic carbocycles.